The summed E-state index contributed by atoms with van der Waals surface area (Å²) in [6.07, 6.45) is 3.38. The van der Waals surface area contributed by atoms with Crippen molar-refractivity contribution < 1.29 is 57.4 Å². The van der Waals surface area contributed by atoms with Crippen LogP contribution in [0.25, 0.3) is 0 Å². The predicted octanol–water partition coefficient (Wildman–Crippen LogP) is 2.83. The number of ether oxygens (including phenoxy) is 1. The first-order valence-corrected chi connectivity index (χ1v) is 14.1. The first-order valence-electron chi connectivity index (χ1n) is 14.1. The van der Waals surface area contributed by atoms with Gasteiger partial charge in [-0.15, -0.1) is 0 Å². The molecule has 0 radical (unpaired) electrons. The number of alkyl halides is 3. The van der Waals surface area contributed by atoms with Crippen molar-refractivity contribution in [1.82, 2.24) is 4.90 Å². The summed E-state index contributed by atoms with van der Waals surface area (Å²) < 4.78 is 46.9. The number of hydrogen-bond donors (Lipinski definition) is 0. The van der Waals surface area contributed by atoms with Crippen molar-refractivity contribution in [2.75, 3.05) is 13.1 Å². The van der Waals surface area contributed by atoms with Gasteiger partial charge in [0.25, 0.3) is 0 Å². The fourth-order valence-corrected chi connectivity index (χ4v) is 6.72. The number of aryl methyl sites for hydroxylation is 1. The Kier molecular flexibility index (Phi) is 8.20. The van der Waals surface area contributed by atoms with Crippen molar-refractivity contribution in [3.63, 3.8) is 0 Å². The molecule has 2 aromatic carbocycles. The average molecular weight is 550 g/mol. The Bertz CT molecular complexity index is 1220. The summed E-state index contributed by atoms with van der Waals surface area (Å²) in [7, 11) is 0. The van der Waals surface area contributed by atoms with Crippen molar-refractivity contribution in [3.8, 4) is 5.75 Å². The van der Waals surface area contributed by atoms with Crippen molar-refractivity contribution >= 4 is 5.97 Å². The Morgan fingerprint density at radius 1 is 1.08 bits per heavy atom. The van der Waals surface area contributed by atoms with E-state index in [1.165, 1.54) is 12.1 Å². The molecular formula is C31H35F3NNaO3. The van der Waals surface area contributed by atoms with Gasteiger partial charge >= 0.3 is 35.7 Å². The van der Waals surface area contributed by atoms with Crippen LogP contribution in [0.5, 0.6) is 5.75 Å². The van der Waals surface area contributed by atoms with Gasteiger partial charge in [0, 0.05) is 31.5 Å². The molecule has 8 heteroatoms. The monoisotopic (exact) mass is 549 g/mol. The molecular weight excluding hydrogens is 514 g/mol. The largest absolute Gasteiger partial charge is 1.00 e. The van der Waals surface area contributed by atoms with Gasteiger partial charge in [-0.25, -0.2) is 0 Å². The molecule has 39 heavy (non-hydrogen) atoms. The number of carboxylic acid groups (broad SMARTS) is 1. The molecule has 6 rings (SSSR count). The Balaban J connectivity index is 0.00000308. The van der Waals surface area contributed by atoms with Gasteiger partial charge in [0.15, 0.2) is 0 Å². The van der Waals surface area contributed by atoms with Crippen LogP contribution >= 0.6 is 0 Å². The van der Waals surface area contributed by atoms with E-state index in [4.69, 9.17) is 4.74 Å². The summed E-state index contributed by atoms with van der Waals surface area (Å²) in [4.78, 5) is 13.9. The Morgan fingerprint density at radius 3 is 2.41 bits per heavy atom. The van der Waals surface area contributed by atoms with Crippen LogP contribution in [0.3, 0.4) is 0 Å². The van der Waals surface area contributed by atoms with E-state index in [2.05, 4.69) is 23.1 Å². The van der Waals surface area contributed by atoms with Gasteiger partial charge in [0.05, 0.1) is 5.56 Å². The average Bonchev–Trinajstić information content (AvgIpc) is 3.79. The molecule has 2 atom stereocenters. The summed E-state index contributed by atoms with van der Waals surface area (Å²) in [5, 5.41) is 11.7. The number of piperidine rings is 1. The third-order valence-electron chi connectivity index (χ3n) is 9.34. The van der Waals surface area contributed by atoms with Crippen LogP contribution in [0.4, 0.5) is 13.2 Å². The van der Waals surface area contributed by atoms with Gasteiger partial charge < -0.3 is 14.6 Å². The van der Waals surface area contributed by atoms with Gasteiger partial charge in [0.1, 0.15) is 11.4 Å². The number of benzene rings is 2. The second-order valence-electron chi connectivity index (χ2n) is 12.1. The Labute approximate surface area is 250 Å². The fourth-order valence-electron chi connectivity index (χ4n) is 6.72. The molecule has 1 spiro atoms. The van der Waals surface area contributed by atoms with Crippen molar-refractivity contribution in [2.45, 2.75) is 88.4 Å². The summed E-state index contributed by atoms with van der Waals surface area (Å²) in [5.41, 5.74) is 3.23. The molecule has 2 heterocycles. The van der Waals surface area contributed by atoms with Crippen molar-refractivity contribution in [2.24, 2.45) is 11.8 Å². The van der Waals surface area contributed by atoms with Gasteiger partial charge in [0.2, 0.25) is 0 Å². The minimum atomic E-state index is -4.33. The van der Waals surface area contributed by atoms with E-state index < -0.39 is 23.6 Å². The Morgan fingerprint density at radius 2 is 1.79 bits per heavy atom. The molecule has 4 aliphatic rings. The maximum atomic E-state index is 13.4. The van der Waals surface area contributed by atoms with Gasteiger partial charge in [-0.3, -0.25) is 4.90 Å². The molecule has 2 aliphatic heterocycles. The molecule has 0 bridgehead atoms. The first kappa shape index (κ1) is 29.0. The van der Waals surface area contributed by atoms with Crippen LogP contribution < -0.4 is 39.4 Å². The normalized spacial score (nSPS) is 22.4. The summed E-state index contributed by atoms with van der Waals surface area (Å²) >= 11 is 0. The van der Waals surface area contributed by atoms with Gasteiger partial charge in [-0.1, -0.05) is 25.1 Å². The number of carbonyl (C=O) groups excluding carboxylic acids is 1. The topological polar surface area (TPSA) is 52.6 Å². The van der Waals surface area contributed by atoms with Crippen molar-refractivity contribution in [3.05, 3.63) is 64.2 Å². The van der Waals surface area contributed by atoms with E-state index in [0.717, 1.165) is 92.5 Å². The molecule has 1 saturated heterocycles. The number of carbonyl (C=O) groups is 1. The third-order valence-corrected chi connectivity index (χ3v) is 9.34. The van der Waals surface area contributed by atoms with Gasteiger partial charge in [-0.05, 0) is 110 Å². The van der Waals surface area contributed by atoms with Crippen LogP contribution in [0, 0.1) is 11.8 Å². The molecule has 2 aromatic rings. The quantitative estimate of drug-likeness (QED) is 0.499. The molecule has 0 amide bonds. The first-order chi connectivity index (χ1) is 18.1. The van der Waals surface area contributed by atoms with Crippen LogP contribution in [0.2, 0.25) is 0 Å². The number of likely N-dealkylation sites (tertiary alicyclic amines) is 1. The van der Waals surface area contributed by atoms with E-state index in [0.29, 0.717) is 18.4 Å². The van der Waals surface area contributed by atoms with Gasteiger partial charge in [-0.2, -0.15) is 13.2 Å². The zero-order valence-electron chi connectivity index (χ0n) is 22.9. The zero-order valence-corrected chi connectivity index (χ0v) is 24.9. The molecule has 4 nitrogen and oxygen atoms in total. The Hall–Kier alpha value is -1.54. The van der Waals surface area contributed by atoms with Crippen LogP contribution in [0.15, 0.2) is 36.4 Å². The minimum Gasteiger partial charge on any atom is -0.550 e. The number of nitrogens with zero attached hydrogens (tertiary/aromatic N) is 1. The van der Waals surface area contributed by atoms with E-state index in [1.54, 1.807) is 13.0 Å². The number of aliphatic carboxylic acids is 1. The van der Waals surface area contributed by atoms with E-state index >= 15 is 0 Å². The van der Waals surface area contributed by atoms with Crippen LogP contribution in [-0.4, -0.2) is 29.6 Å². The fraction of sp³-hybridized carbons (Fsp3) is 0.581. The van der Waals surface area contributed by atoms with E-state index in [-0.39, 0.29) is 41.1 Å². The minimum absolute atomic E-state index is 0. The van der Waals surface area contributed by atoms with Crippen LogP contribution in [-0.2, 0) is 23.9 Å². The smallest absolute Gasteiger partial charge is 0.550 e. The number of rotatable bonds is 7. The third kappa shape index (κ3) is 6.22. The predicted molar refractivity (Wildman–Crippen MR) is 136 cm³/mol. The number of hydrogen-bond acceptors (Lipinski definition) is 4. The van der Waals surface area contributed by atoms with Crippen molar-refractivity contribution in [1.29, 1.82) is 0 Å². The maximum Gasteiger partial charge on any atom is 1.00 e. The molecule has 0 aromatic heterocycles. The number of fused-ring (bicyclic) bond motifs is 1. The second kappa shape index (κ2) is 11.0. The maximum absolute atomic E-state index is 13.4. The molecule has 2 saturated carbocycles. The standard InChI is InChI=1S/C31H36F3NO3.Na/c1-19(29(36)37)28(22-5-6-22)23-7-4-21-10-11-30(38-27(21)17-23)12-14-35(15-13-30)18-24-16-25(31(32,33)34)8-9-26(24)20-2-3-20;/h4,7-9,16-17,19-20,22,28H,2-3,5-6,10-15,18H2,1H3,(H,36,37);/q;+1/p-1/t19-,28-;/m0./s1. The summed E-state index contributed by atoms with van der Waals surface area (Å²) in [6, 6.07) is 10.5. The molecule has 3 fully saturated rings. The van der Waals surface area contributed by atoms with Crippen LogP contribution in [0.1, 0.15) is 91.5 Å². The molecule has 0 N–H and O–H groups in total. The van der Waals surface area contributed by atoms with E-state index in [1.807, 2.05) is 0 Å². The molecule has 204 valence electrons. The summed E-state index contributed by atoms with van der Waals surface area (Å²) in [6.45, 7) is 3.84. The zero-order chi connectivity index (χ0) is 26.7. The molecule has 2 aliphatic carbocycles. The SMILES string of the molecule is C[C@H](C(=O)[O-])[C@H](c1ccc2c(c1)OC1(CC2)CCN(Cc2cc(C(F)(F)F)ccc2C2CC2)CC1)C1CC1.[Na+]. The summed E-state index contributed by atoms with van der Waals surface area (Å²) in [5.74, 6) is 0.0507. The number of carboxylic acids is 1. The molecule has 0 unspecified atom stereocenters. The van der Waals surface area contributed by atoms with E-state index in [9.17, 15) is 23.1 Å². The number of halogens is 3. The second-order valence-corrected chi connectivity index (χ2v) is 12.1.